The zero-order valence-corrected chi connectivity index (χ0v) is 26.3. The maximum absolute atomic E-state index is 5.24. The van der Waals surface area contributed by atoms with Crippen LogP contribution >= 0.6 is 0 Å². The van der Waals surface area contributed by atoms with Crippen molar-refractivity contribution in [2.45, 2.75) is 111 Å². The molecule has 0 saturated carbocycles. The summed E-state index contributed by atoms with van der Waals surface area (Å²) in [4.78, 5) is 4.88. The van der Waals surface area contributed by atoms with Crippen LogP contribution in [0.15, 0.2) is 23.2 Å². The number of hydrogen-bond acceptors (Lipinski definition) is 1. The van der Waals surface area contributed by atoms with E-state index in [0.717, 1.165) is 12.3 Å². The average Bonchev–Trinajstić information content (AvgIpc) is 2.60. The Balaban J connectivity index is -0.000000911. The molecule has 2 nitrogen and oxygen atoms in total. The molecule has 182 valence electrons. The van der Waals surface area contributed by atoms with Gasteiger partial charge in [0.2, 0.25) is 0 Å². The molecule has 1 aromatic carbocycles. The van der Waals surface area contributed by atoms with E-state index in [-0.39, 0.29) is 53.7 Å². The summed E-state index contributed by atoms with van der Waals surface area (Å²) in [6, 6.07) is 6.64. The number of unbranched alkanes of at least 4 members (excludes halogenated alkanes) is 5. The predicted octanol–water partition coefficient (Wildman–Crippen LogP) is 9.89. The van der Waals surface area contributed by atoms with Gasteiger partial charge in [-0.15, -0.1) is 5.69 Å². The Labute approximate surface area is 216 Å². The predicted molar refractivity (Wildman–Crippen MR) is 142 cm³/mol. The van der Waals surface area contributed by atoms with Gasteiger partial charge in [0.15, 0.2) is 0 Å². The fraction of sp³-hybridized carbons (Fsp3) is 0.643. The number of benzene rings is 1. The summed E-state index contributed by atoms with van der Waals surface area (Å²) in [5, 5.41) is 5.24. The smallest absolute Gasteiger partial charge is 0.0388 e. The van der Waals surface area contributed by atoms with Gasteiger partial charge in [-0.05, 0) is 30.9 Å². The van der Waals surface area contributed by atoms with Crippen molar-refractivity contribution in [2.75, 3.05) is 6.54 Å². The Kier molecular flexibility index (Phi) is 23.3. The Morgan fingerprint density at radius 1 is 0.871 bits per heavy atom. The summed E-state index contributed by atoms with van der Waals surface area (Å²) in [6.07, 6.45) is 7.86. The van der Waals surface area contributed by atoms with Crippen molar-refractivity contribution >= 4 is 11.4 Å². The largest absolute Gasteiger partial charge is 0.674 e. The third-order valence-electron chi connectivity index (χ3n) is 5.48. The van der Waals surface area contributed by atoms with E-state index in [9.17, 15) is 0 Å². The van der Waals surface area contributed by atoms with E-state index < -0.39 is 0 Å². The fourth-order valence-electron chi connectivity index (χ4n) is 3.33. The van der Waals surface area contributed by atoms with E-state index in [1.165, 1.54) is 55.3 Å². The van der Waals surface area contributed by atoms with Gasteiger partial charge in [-0.25, -0.2) is 0 Å². The van der Waals surface area contributed by atoms with Gasteiger partial charge >= 0.3 is 0 Å². The quantitative estimate of drug-likeness (QED) is 0.0996. The molecule has 0 N–H and O–H groups in total. The first kappa shape index (κ1) is 37.9. The van der Waals surface area contributed by atoms with Gasteiger partial charge in [0, 0.05) is 32.4 Å². The standard InChI is InChI=1S/C25H43N2.3CH3.Hf/c1-9-10-11-12-13-14-18-26-21(6)25(7,8)27-24-22(19(2)3)16-15-17-23(24)20(4)5;;;;/h15-17,19-20H,9-14,18H2,1-8H3;3*1H3;/q4*-1;. The van der Waals surface area contributed by atoms with Crippen molar-refractivity contribution in [3.8, 4) is 0 Å². The molecule has 0 atom stereocenters. The number of para-hydroxylation sites is 1. The van der Waals surface area contributed by atoms with Crippen LogP contribution in [0.5, 0.6) is 0 Å². The molecule has 0 fully saturated rings. The van der Waals surface area contributed by atoms with Crippen LogP contribution < -0.4 is 0 Å². The van der Waals surface area contributed by atoms with Gasteiger partial charge in [0.25, 0.3) is 0 Å². The second-order valence-electron chi connectivity index (χ2n) is 9.00. The maximum atomic E-state index is 5.24. The van der Waals surface area contributed by atoms with Crippen LogP contribution in [0, 0.1) is 22.3 Å². The Morgan fingerprint density at radius 2 is 1.32 bits per heavy atom. The zero-order chi connectivity index (χ0) is 20.4. The van der Waals surface area contributed by atoms with E-state index in [2.05, 4.69) is 73.6 Å². The molecule has 0 amide bonds. The Hall–Kier alpha value is -0.440. The van der Waals surface area contributed by atoms with Gasteiger partial charge in [0.1, 0.15) is 0 Å². The molecule has 0 saturated heterocycles. The van der Waals surface area contributed by atoms with Crippen molar-refractivity contribution in [1.82, 2.24) is 0 Å². The van der Waals surface area contributed by atoms with Crippen LogP contribution in [-0.2, 0) is 25.8 Å². The van der Waals surface area contributed by atoms with Crippen molar-refractivity contribution in [1.29, 1.82) is 0 Å². The van der Waals surface area contributed by atoms with Crippen molar-refractivity contribution in [3.63, 3.8) is 0 Å². The summed E-state index contributed by atoms with van der Waals surface area (Å²) >= 11 is 0. The number of nitrogens with zero attached hydrogens (tertiary/aromatic N) is 2. The molecule has 0 bridgehead atoms. The van der Waals surface area contributed by atoms with Gasteiger partial charge in [-0.2, -0.15) is 0 Å². The summed E-state index contributed by atoms with van der Waals surface area (Å²) in [5.41, 5.74) is 4.75. The Bertz CT molecular complexity index is 562. The molecule has 0 aliphatic rings. The van der Waals surface area contributed by atoms with Gasteiger partial charge in [-0.1, -0.05) is 115 Å². The number of hydrogen-bond donors (Lipinski definition) is 0. The minimum absolute atomic E-state index is 0. The summed E-state index contributed by atoms with van der Waals surface area (Å²) in [7, 11) is 0. The molecule has 0 aliphatic carbocycles. The molecule has 0 aliphatic heterocycles. The molecule has 31 heavy (non-hydrogen) atoms. The third kappa shape index (κ3) is 13.0. The van der Waals surface area contributed by atoms with E-state index in [4.69, 9.17) is 10.3 Å². The molecule has 0 aromatic heterocycles. The molecule has 1 aromatic rings. The SMILES string of the molecule is CCCCCCCCN=C(C)C(C)(C)[N-]c1c(C(C)C)cccc1C(C)C.[CH3-].[CH3-].[CH3-].[Hf]. The van der Waals surface area contributed by atoms with E-state index in [0.29, 0.717) is 11.8 Å². The topological polar surface area (TPSA) is 26.5 Å². The molecule has 0 heterocycles. The van der Waals surface area contributed by atoms with Gasteiger partial charge < -0.3 is 27.6 Å². The molecule has 3 heteroatoms. The van der Waals surface area contributed by atoms with Crippen LogP contribution in [0.3, 0.4) is 0 Å². The van der Waals surface area contributed by atoms with Crippen molar-refractivity contribution in [2.24, 2.45) is 4.99 Å². The Morgan fingerprint density at radius 3 is 1.77 bits per heavy atom. The van der Waals surface area contributed by atoms with Crippen LogP contribution in [-0.4, -0.2) is 17.8 Å². The molecule has 0 unspecified atom stereocenters. The monoisotopic (exact) mass is 596 g/mol. The second kappa shape index (κ2) is 19.1. The summed E-state index contributed by atoms with van der Waals surface area (Å²) in [6.45, 7) is 18.8. The zero-order valence-electron chi connectivity index (χ0n) is 22.7. The van der Waals surface area contributed by atoms with Crippen molar-refractivity contribution in [3.05, 3.63) is 56.9 Å². The van der Waals surface area contributed by atoms with Crippen LogP contribution in [0.1, 0.15) is 117 Å². The van der Waals surface area contributed by atoms with Gasteiger partial charge in [-0.3, -0.25) is 4.99 Å². The molecular formula is C28H52HfN2-4. The van der Waals surface area contributed by atoms with Crippen LogP contribution in [0.25, 0.3) is 5.32 Å². The van der Waals surface area contributed by atoms with Crippen LogP contribution in [0.2, 0.25) is 0 Å². The van der Waals surface area contributed by atoms with Crippen LogP contribution in [0.4, 0.5) is 5.69 Å². The minimum atomic E-state index is -0.267. The first-order valence-corrected chi connectivity index (χ1v) is 11.1. The average molecular weight is 595 g/mol. The van der Waals surface area contributed by atoms with E-state index in [1.807, 2.05) is 0 Å². The number of aliphatic imine (C=N–C) groups is 1. The molecule has 0 spiro atoms. The molecule has 1 rings (SSSR count). The third-order valence-corrected chi connectivity index (χ3v) is 5.48. The maximum Gasteiger partial charge on any atom is 0.0388 e. The normalized spacial score (nSPS) is 11.2. The molecule has 0 radical (unpaired) electrons. The summed E-state index contributed by atoms with van der Waals surface area (Å²) in [5.74, 6) is 0.942. The second-order valence-corrected chi connectivity index (χ2v) is 9.00. The minimum Gasteiger partial charge on any atom is -0.674 e. The fourth-order valence-corrected chi connectivity index (χ4v) is 3.33. The van der Waals surface area contributed by atoms with Crippen molar-refractivity contribution < 1.29 is 25.8 Å². The molecular weight excluding hydrogens is 543 g/mol. The number of rotatable bonds is 12. The first-order chi connectivity index (χ1) is 12.7. The summed E-state index contributed by atoms with van der Waals surface area (Å²) < 4.78 is 0. The van der Waals surface area contributed by atoms with E-state index in [1.54, 1.807) is 0 Å². The first-order valence-electron chi connectivity index (χ1n) is 11.1. The van der Waals surface area contributed by atoms with Gasteiger partial charge in [0.05, 0.1) is 0 Å². The van der Waals surface area contributed by atoms with E-state index >= 15 is 0 Å².